The molecule has 178 valence electrons. The lowest BCUT2D eigenvalue weighted by Crippen LogP contribution is -2.48. The Labute approximate surface area is 207 Å². The number of hydrogen-bond donors (Lipinski definition) is 0. The molecule has 1 amide bonds. The van der Waals surface area contributed by atoms with Gasteiger partial charge in [0.15, 0.2) is 10.8 Å². The number of hydrogen-bond acceptors (Lipinski definition) is 6. The van der Waals surface area contributed by atoms with E-state index in [9.17, 15) is 9.59 Å². The molecule has 8 nitrogen and oxygen atoms in total. The van der Waals surface area contributed by atoms with Gasteiger partial charge in [-0.15, -0.1) is 0 Å². The Balaban J connectivity index is 1.15. The van der Waals surface area contributed by atoms with E-state index in [-0.39, 0.29) is 17.5 Å². The molecular formula is C26H26N6O2S. The lowest BCUT2D eigenvalue weighted by atomic mass is 10.1. The number of carbonyl (C=O) groups excluding carboxylic acids is 1. The molecule has 0 bridgehead atoms. The van der Waals surface area contributed by atoms with Gasteiger partial charge in [0.2, 0.25) is 5.91 Å². The SMILES string of the molecule is O=C(CC1CSc2nc3c(cnn3-c3ccccc3)c(=O)n21)N1CCN(Cc2ccccc2)CC1. The minimum atomic E-state index is -0.186. The molecule has 2 aliphatic heterocycles. The molecule has 0 radical (unpaired) electrons. The topological polar surface area (TPSA) is 76.3 Å². The van der Waals surface area contributed by atoms with E-state index in [2.05, 4.69) is 34.3 Å². The smallest absolute Gasteiger partial charge is 0.265 e. The Hall–Kier alpha value is -3.43. The van der Waals surface area contributed by atoms with E-state index in [0.717, 1.165) is 25.3 Å². The first-order chi connectivity index (χ1) is 17.2. The quantitative estimate of drug-likeness (QED) is 0.404. The highest BCUT2D eigenvalue weighted by Gasteiger charge is 2.31. The van der Waals surface area contributed by atoms with Crippen LogP contribution in [0.15, 0.2) is 76.8 Å². The van der Waals surface area contributed by atoms with Crippen LogP contribution >= 0.6 is 11.8 Å². The zero-order valence-corrected chi connectivity index (χ0v) is 20.1. The summed E-state index contributed by atoms with van der Waals surface area (Å²) in [7, 11) is 0. The second-order valence-corrected chi connectivity index (χ2v) is 10.00. The Morgan fingerprint density at radius 3 is 2.43 bits per heavy atom. The fraction of sp³-hybridized carbons (Fsp3) is 0.308. The summed E-state index contributed by atoms with van der Waals surface area (Å²) in [6.45, 7) is 4.06. The van der Waals surface area contributed by atoms with Crippen molar-refractivity contribution in [1.29, 1.82) is 0 Å². The molecule has 0 spiro atoms. The van der Waals surface area contributed by atoms with E-state index in [1.807, 2.05) is 41.3 Å². The number of nitrogens with zero attached hydrogens (tertiary/aromatic N) is 6. The molecule has 2 aromatic carbocycles. The maximum Gasteiger partial charge on any atom is 0.265 e. The Morgan fingerprint density at radius 1 is 0.971 bits per heavy atom. The molecule has 2 aliphatic rings. The number of thioether (sulfide) groups is 1. The lowest BCUT2D eigenvalue weighted by Gasteiger charge is -2.35. The predicted molar refractivity (Wildman–Crippen MR) is 136 cm³/mol. The Kier molecular flexibility index (Phi) is 5.87. The normalized spacial score (nSPS) is 18.2. The van der Waals surface area contributed by atoms with Crippen LogP contribution < -0.4 is 5.56 Å². The number of rotatable bonds is 5. The molecule has 4 aromatic rings. The van der Waals surface area contributed by atoms with Gasteiger partial charge in [-0.05, 0) is 17.7 Å². The van der Waals surface area contributed by atoms with Crippen LogP contribution in [0, 0.1) is 0 Å². The van der Waals surface area contributed by atoms with Gasteiger partial charge in [0.1, 0.15) is 5.39 Å². The summed E-state index contributed by atoms with van der Waals surface area (Å²) >= 11 is 1.53. The molecule has 0 aliphatic carbocycles. The zero-order valence-electron chi connectivity index (χ0n) is 19.3. The molecule has 4 heterocycles. The van der Waals surface area contributed by atoms with E-state index in [4.69, 9.17) is 4.98 Å². The first kappa shape index (κ1) is 22.1. The molecule has 0 saturated carbocycles. The highest BCUT2D eigenvalue weighted by molar-refractivity contribution is 7.99. The molecule has 35 heavy (non-hydrogen) atoms. The first-order valence-corrected chi connectivity index (χ1v) is 12.9. The molecule has 1 fully saturated rings. The van der Waals surface area contributed by atoms with Gasteiger partial charge in [0.05, 0.1) is 17.9 Å². The van der Waals surface area contributed by atoms with Gasteiger partial charge < -0.3 is 4.90 Å². The second kappa shape index (κ2) is 9.31. The van der Waals surface area contributed by atoms with E-state index < -0.39 is 0 Å². The van der Waals surface area contributed by atoms with Gasteiger partial charge >= 0.3 is 0 Å². The van der Waals surface area contributed by atoms with Crippen molar-refractivity contribution in [3.8, 4) is 5.69 Å². The van der Waals surface area contributed by atoms with Gasteiger partial charge in [0, 0.05) is 44.9 Å². The van der Waals surface area contributed by atoms with Crippen molar-refractivity contribution in [3.63, 3.8) is 0 Å². The fourth-order valence-corrected chi connectivity index (χ4v) is 6.00. The number of fused-ring (bicyclic) bond motifs is 2. The van der Waals surface area contributed by atoms with Crippen molar-refractivity contribution < 1.29 is 4.79 Å². The van der Waals surface area contributed by atoms with Gasteiger partial charge in [-0.2, -0.15) is 5.10 Å². The number of benzene rings is 2. The van der Waals surface area contributed by atoms with Crippen LogP contribution in [0.25, 0.3) is 16.7 Å². The zero-order chi connectivity index (χ0) is 23.8. The molecule has 1 unspecified atom stereocenters. The number of amides is 1. The highest BCUT2D eigenvalue weighted by atomic mass is 32.2. The number of carbonyl (C=O) groups is 1. The third-order valence-electron chi connectivity index (χ3n) is 6.76. The molecule has 1 saturated heterocycles. The highest BCUT2D eigenvalue weighted by Crippen LogP contribution is 2.34. The number of piperazine rings is 1. The van der Waals surface area contributed by atoms with Crippen molar-refractivity contribution >= 4 is 28.7 Å². The van der Waals surface area contributed by atoms with Crippen molar-refractivity contribution in [3.05, 3.63) is 82.8 Å². The summed E-state index contributed by atoms with van der Waals surface area (Å²) in [6.07, 6.45) is 1.90. The van der Waals surface area contributed by atoms with Crippen molar-refractivity contribution in [2.75, 3.05) is 31.9 Å². The van der Waals surface area contributed by atoms with Crippen molar-refractivity contribution in [2.45, 2.75) is 24.2 Å². The monoisotopic (exact) mass is 486 g/mol. The van der Waals surface area contributed by atoms with E-state index in [1.54, 1.807) is 15.4 Å². The van der Waals surface area contributed by atoms with Gasteiger partial charge in [0.25, 0.3) is 5.56 Å². The molecule has 6 rings (SSSR count). The van der Waals surface area contributed by atoms with Crippen LogP contribution in [0.5, 0.6) is 0 Å². The maximum atomic E-state index is 13.4. The van der Waals surface area contributed by atoms with Gasteiger partial charge in [-0.1, -0.05) is 60.3 Å². The Bertz CT molecular complexity index is 1410. The third kappa shape index (κ3) is 4.26. The molecular weight excluding hydrogens is 460 g/mol. The van der Waals surface area contributed by atoms with E-state index >= 15 is 0 Å². The summed E-state index contributed by atoms with van der Waals surface area (Å²) in [5, 5.41) is 5.55. The van der Waals surface area contributed by atoms with Crippen LogP contribution in [0.4, 0.5) is 0 Å². The third-order valence-corrected chi connectivity index (χ3v) is 7.85. The van der Waals surface area contributed by atoms with Crippen LogP contribution in [0.3, 0.4) is 0 Å². The molecule has 9 heteroatoms. The van der Waals surface area contributed by atoms with Crippen LogP contribution in [0.1, 0.15) is 18.0 Å². The number of para-hydroxylation sites is 1. The first-order valence-electron chi connectivity index (χ1n) is 11.9. The van der Waals surface area contributed by atoms with Crippen LogP contribution in [-0.2, 0) is 11.3 Å². The summed E-state index contributed by atoms with van der Waals surface area (Å²) in [5.41, 5.74) is 2.59. The summed E-state index contributed by atoms with van der Waals surface area (Å²) in [4.78, 5) is 35.6. The average Bonchev–Trinajstić information content (AvgIpc) is 3.50. The minimum Gasteiger partial charge on any atom is -0.340 e. The average molecular weight is 487 g/mol. The maximum absolute atomic E-state index is 13.4. The molecule has 1 atom stereocenters. The number of aromatic nitrogens is 4. The summed E-state index contributed by atoms with van der Waals surface area (Å²) in [6, 6.07) is 19.9. The summed E-state index contributed by atoms with van der Waals surface area (Å²) in [5.74, 6) is 0.780. The second-order valence-electron chi connectivity index (χ2n) is 9.01. The molecule has 0 N–H and O–H groups in total. The van der Waals surface area contributed by atoms with Crippen LogP contribution in [-0.4, -0.2) is 67.0 Å². The standard InChI is InChI=1S/C26H26N6O2S/c33-23(30-13-11-29(12-14-30)17-19-7-3-1-4-8-19)15-21-18-35-26-28-24-22(25(34)31(21)26)16-27-32(24)20-9-5-2-6-10-20/h1-10,16,21H,11-15,17-18H2. The van der Waals surface area contributed by atoms with Crippen LogP contribution in [0.2, 0.25) is 0 Å². The largest absolute Gasteiger partial charge is 0.340 e. The van der Waals surface area contributed by atoms with Gasteiger partial charge in [-0.25, -0.2) is 9.67 Å². The lowest BCUT2D eigenvalue weighted by molar-refractivity contribution is -0.133. The van der Waals surface area contributed by atoms with Crippen molar-refractivity contribution in [2.24, 2.45) is 0 Å². The minimum absolute atomic E-state index is 0.106. The Morgan fingerprint density at radius 2 is 1.69 bits per heavy atom. The molecule has 2 aromatic heterocycles. The van der Waals surface area contributed by atoms with Crippen molar-refractivity contribution in [1.82, 2.24) is 29.1 Å². The van der Waals surface area contributed by atoms with E-state index in [0.29, 0.717) is 41.5 Å². The summed E-state index contributed by atoms with van der Waals surface area (Å²) < 4.78 is 3.40. The van der Waals surface area contributed by atoms with Gasteiger partial charge in [-0.3, -0.25) is 19.1 Å². The van der Waals surface area contributed by atoms with E-state index in [1.165, 1.54) is 17.3 Å². The predicted octanol–water partition coefficient (Wildman–Crippen LogP) is 2.96. The fourth-order valence-electron chi connectivity index (χ4n) is 4.87.